The number of hydrogen-bond donors (Lipinski definition) is 3. The van der Waals surface area contributed by atoms with E-state index in [9.17, 15) is 23.1 Å². The van der Waals surface area contributed by atoms with Crippen LogP contribution in [0.4, 0.5) is 23.7 Å². The molecule has 2 rings (SSSR count). The molecule has 0 spiro atoms. The summed E-state index contributed by atoms with van der Waals surface area (Å²) in [5.41, 5.74) is 5.63. The van der Waals surface area contributed by atoms with Crippen molar-refractivity contribution in [1.29, 1.82) is 0 Å². The molecule has 0 aromatic heterocycles. The molecular formula is C16H15F3N2O2. The van der Waals surface area contributed by atoms with Crippen LogP contribution in [0.5, 0.6) is 0 Å². The molecule has 0 heterocycles. The summed E-state index contributed by atoms with van der Waals surface area (Å²) in [5.74, 6) is 0. The van der Waals surface area contributed by atoms with E-state index in [2.05, 4.69) is 5.32 Å². The molecule has 4 nitrogen and oxygen atoms in total. The standard InChI is InChI=1S/C16H15F3N2O2/c1-9(22)10-3-2-4-11(7-10)13-6-5-12(16(17,18)19)8-14(13)21-15(20)23/h2-9,22H,1H3,(H3,20,21,23). The Morgan fingerprint density at radius 3 is 2.48 bits per heavy atom. The number of benzene rings is 2. The van der Waals surface area contributed by atoms with Crippen molar-refractivity contribution in [2.45, 2.75) is 19.2 Å². The van der Waals surface area contributed by atoms with E-state index in [1.54, 1.807) is 31.2 Å². The molecule has 0 aliphatic heterocycles. The fraction of sp³-hybridized carbons (Fsp3) is 0.188. The largest absolute Gasteiger partial charge is 0.416 e. The maximum atomic E-state index is 12.8. The highest BCUT2D eigenvalue weighted by Crippen LogP contribution is 2.36. The van der Waals surface area contributed by atoms with Crippen LogP contribution in [0.2, 0.25) is 0 Å². The Labute approximate surface area is 130 Å². The topological polar surface area (TPSA) is 75.3 Å². The Bertz CT molecular complexity index is 728. The van der Waals surface area contributed by atoms with Gasteiger partial charge in [0.05, 0.1) is 17.4 Å². The van der Waals surface area contributed by atoms with Crippen LogP contribution in [0.15, 0.2) is 42.5 Å². The molecule has 0 saturated carbocycles. The van der Waals surface area contributed by atoms with Crippen molar-refractivity contribution in [3.63, 3.8) is 0 Å². The van der Waals surface area contributed by atoms with Crippen LogP contribution in [0.1, 0.15) is 24.2 Å². The van der Waals surface area contributed by atoms with Gasteiger partial charge in [-0.25, -0.2) is 4.79 Å². The van der Waals surface area contributed by atoms with Gasteiger partial charge in [-0.05, 0) is 36.2 Å². The molecule has 0 bridgehead atoms. The van der Waals surface area contributed by atoms with Gasteiger partial charge in [-0.2, -0.15) is 13.2 Å². The molecule has 23 heavy (non-hydrogen) atoms. The Morgan fingerprint density at radius 2 is 1.91 bits per heavy atom. The summed E-state index contributed by atoms with van der Waals surface area (Å²) < 4.78 is 38.5. The van der Waals surface area contributed by atoms with E-state index < -0.39 is 23.9 Å². The molecule has 0 saturated heterocycles. The predicted molar refractivity (Wildman–Crippen MR) is 80.7 cm³/mol. The Hall–Kier alpha value is -2.54. The lowest BCUT2D eigenvalue weighted by Crippen LogP contribution is -2.20. The maximum absolute atomic E-state index is 12.8. The van der Waals surface area contributed by atoms with Gasteiger partial charge in [0.25, 0.3) is 0 Å². The number of aliphatic hydroxyl groups excluding tert-OH is 1. The van der Waals surface area contributed by atoms with Gasteiger partial charge in [-0.3, -0.25) is 0 Å². The zero-order chi connectivity index (χ0) is 17.2. The number of nitrogens with two attached hydrogens (primary N) is 1. The molecule has 2 aromatic carbocycles. The van der Waals surface area contributed by atoms with Crippen LogP contribution in [0.3, 0.4) is 0 Å². The van der Waals surface area contributed by atoms with E-state index in [1.165, 1.54) is 6.07 Å². The molecule has 1 unspecified atom stereocenters. The molecule has 0 radical (unpaired) electrons. The van der Waals surface area contributed by atoms with Gasteiger partial charge in [0.15, 0.2) is 0 Å². The molecule has 0 aliphatic carbocycles. The van der Waals surface area contributed by atoms with Gasteiger partial charge in [0.2, 0.25) is 0 Å². The highest BCUT2D eigenvalue weighted by atomic mass is 19.4. The minimum atomic E-state index is -4.53. The van der Waals surface area contributed by atoms with Crippen LogP contribution in [0.25, 0.3) is 11.1 Å². The zero-order valence-electron chi connectivity index (χ0n) is 12.2. The van der Waals surface area contributed by atoms with E-state index in [1.807, 2.05) is 0 Å². The van der Waals surface area contributed by atoms with E-state index in [0.29, 0.717) is 16.7 Å². The minimum Gasteiger partial charge on any atom is -0.389 e. The lowest BCUT2D eigenvalue weighted by atomic mass is 9.98. The Balaban J connectivity index is 2.57. The summed E-state index contributed by atoms with van der Waals surface area (Å²) in [7, 11) is 0. The zero-order valence-corrected chi connectivity index (χ0v) is 12.2. The first kappa shape index (κ1) is 16.8. The number of anilines is 1. The summed E-state index contributed by atoms with van der Waals surface area (Å²) in [6.45, 7) is 1.58. The lowest BCUT2D eigenvalue weighted by molar-refractivity contribution is -0.137. The third-order valence-electron chi connectivity index (χ3n) is 3.28. The van der Waals surface area contributed by atoms with E-state index in [0.717, 1.165) is 12.1 Å². The van der Waals surface area contributed by atoms with Crippen molar-refractivity contribution in [3.8, 4) is 11.1 Å². The maximum Gasteiger partial charge on any atom is 0.416 e. The Morgan fingerprint density at radius 1 is 1.22 bits per heavy atom. The average molecular weight is 324 g/mol. The van der Waals surface area contributed by atoms with Gasteiger partial charge in [0.1, 0.15) is 0 Å². The van der Waals surface area contributed by atoms with Gasteiger partial charge in [-0.15, -0.1) is 0 Å². The smallest absolute Gasteiger partial charge is 0.389 e. The summed E-state index contributed by atoms with van der Waals surface area (Å²) in [5, 5.41) is 11.8. The molecular weight excluding hydrogens is 309 g/mol. The Kier molecular flexibility index (Phi) is 4.60. The van der Waals surface area contributed by atoms with Crippen LogP contribution in [-0.2, 0) is 6.18 Å². The van der Waals surface area contributed by atoms with Crippen LogP contribution < -0.4 is 11.1 Å². The second-order valence-corrected chi connectivity index (χ2v) is 5.05. The van der Waals surface area contributed by atoms with Crippen molar-refractivity contribution in [3.05, 3.63) is 53.6 Å². The van der Waals surface area contributed by atoms with Gasteiger partial charge >= 0.3 is 12.2 Å². The second kappa shape index (κ2) is 6.29. The normalized spacial score (nSPS) is 12.7. The fourth-order valence-corrected chi connectivity index (χ4v) is 2.17. The minimum absolute atomic E-state index is 0.0462. The second-order valence-electron chi connectivity index (χ2n) is 5.05. The molecule has 2 aromatic rings. The molecule has 0 aliphatic rings. The number of amides is 2. The average Bonchev–Trinajstić information content (AvgIpc) is 2.45. The number of alkyl halides is 3. The number of halogens is 3. The van der Waals surface area contributed by atoms with Crippen LogP contribution in [-0.4, -0.2) is 11.1 Å². The number of rotatable bonds is 3. The van der Waals surface area contributed by atoms with Crippen molar-refractivity contribution < 1.29 is 23.1 Å². The van der Waals surface area contributed by atoms with Crippen molar-refractivity contribution in [2.75, 3.05) is 5.32 Å². The summed E-state index contributed by atoms with van der Waals surface area (Å²) >= 11 is 0. The number of nitrogens with one attached hydrogen (secondary N) is 1. The molecule has 1 atom stereocenters. The number of carbonyl (C=O) groups excluding carboxylic acids is 1. The lowest BCUT2D eigenvalue weighted by Gasteiger charge is -2.15. The molecule has 7 heteroatoms. The predicted octanol–water partition coefficient (Wildman–Crippen LogP) is 3.92. The number of primary amides is 1. The van der Waals surface area contributed by atoms with E-state index in [4.69, 9.17) is 5.73 Å². The molecule has 4 N–H and O–H groups in total. The van der Waals surface area contributed by atoms with Gasteiger partial charge in [0, 0.05) is 5.56 Å². The summed E-state index contributed by atoms with van der Waals surface area (Å²) in [4.78, 5) is 11.1. The first-order chi connectivity index (χ1) is 10.7. The number of aliphatic hydroxyl groups is 1. The van der Waals surface area contributed by atoms with Crippen molar-refractivity contribution in [1.82, 2.24) is 0 Å². The number of hydrogen-bond acceptors (Lipinski definition) is 2. The third kappa shape index (κ3) is 4.01. The van der Waals surface area contributed by atoms with Gasteiger partial charge < -0.3 is 16.2 Å². The first-order valence-corrected chi connectivity index (χ1v) is 6.74. The number of urea groups is 1. The fourth-order valence-electron chi connectivity index (χ4n) is 2.17. The first-order valence-electron chi connectivity index (χ1n) is 6.74. The highest BCUT2D eigenvalue weighted by Gasteiger charge is 2.31. The third-order valence-corrected chi connectivity index (χ3v) is 3.28. The quantitative estimate of drug-likeness (QED) is 0.800. The summed E-state index contributed by atoms with van der Waals surface area (Å²) in [6.07, 6.45) is -5.26. The van der Waals surface area contributed by atoms with Crippen molar-refractivity contribution in [2.24, 2.45) is 5.73 Å². The van der Waals surface area contributed by atoms with E-state index >= 15 is 0 Å². The highest BCUT2D eigenvalue weighted by molar-refractivity contribution is 5.93. The monoisotopic (exact) mass is 324 g/mol. The van der Waals surface area contributed by atoms with E-state index in [-0.39, 0.29) is 5.69 Å². The van der Waals surface area contributed by atoms with Crippen LogP contribution >= 0.6 is 0 Å². The van der Waals surface area contributed by atoms with Gasteiger partial charge in [-0.1, -0.05) is 24.3 Å². The number of carbonyl (C=O) groups is 1. The van der Waals surface area contributed by atoms with Crippen molar-refractivity contribution >= 4 is 11.7 Å². The molecule has 2 amide bonds. The molecule has 0 fully saturated rings. The summed E-state index contributed by atoms with van der Waals surface area (Å²) in [6, 6.07) is 8.72. The van der Waals surface area contributed by atoms with Crippen LogP contribution in [0, 0.1) is 0 Å². The molecule has 122 valence electrons. The SMILES string of the molecule is CC(O)c1cccc(-c2ccc(C(F)(F)F)cc2NC(N)=O)c1.